The SMILES string of the molecule is CN1CCN=C1NCc1ccccc1CN1CCC(O)CC1.I. The highest BCUT2D eigenvalue weighted by Gasteiger charge is 2.18. The summed E-state index contributed by atoms with van der Waals surface area (Å²) >= 11 is 0. The van der Waals surface area contributed by atoms with Gasteiger partial charge in [-0.25, -0.2) is 0 Å². The molecular formula is C17H27IN4O. The molecule has 2 N–H and O–H groups in total. The number of likely N-dealkylation sites (tertiary alicyclic amines) is 1. The first-order valence-corrected chi connectivity index (χ1v) is 8.19. The predicted molar refractivity (Wildman–Crippen MR) is 104 cm³/mol. The van der Waals surface area contributed by atoms with Crippen LogP contribution in [-0.4, -0.2) is 60.2 Å². The number of guanidine groups is 1. The Morgan fingerprint density at radius 1 is 1.17 bits per heavy atom. The van der Waals surface area contributed by atoms with Crippen LogP contribution < -0.4 is 5.32 Å². The van der Waals surface area contributed by atoms with Crippen LogP contribution in [0.3, 0.4) is 0 Å². The average Bonchev–Trinajstić information content (AvgIpc) is 2.94. The van der Waals surface area contributed by atoms with Gasteiger partial charge in [0.05, 0.1) is 12.6 Å². The molecule has 0 atom stereocenters. The van der Waals surface area contributed by atoms with E-state index in [0.717, 1.165) is 58.1 Å². The second kappa shape index (κ2) is 8.84. The van der Waals surface area contributed by atoms with Gasteiger partial charge in [-0.05, 0) is 24.0 Å². The zero-order valence-corrected chi connectivity index (χ0v) is 16.1. The highest BCUT2D eigenvalue weighted by Crippen LogP contribution is 2.16. The van der Waals surface area contributed by atoms with E-state index in [9.17, 15) is 5.11 Å². The molecule has 1 aromatic rings. The Balaban J connectivity index is 0.00000192. The van der Waals surface area contributed by atoms with Crippen molar-refractivity contribution in [1.29, 1.82) is 0 Å². The van der Waals surface area contributed by atoms with Crippen molar-refractivity contribution in [2.45, 2.75) is 32.0 Å². The van der Waals surface area contributed by atoms with Crippen molar-refractivity contribution in [1.82, 2.24) is 15.1 Å². The zero-order chi connectivity index (χ0) is 15.4. The van der Waals surface area contributed by atoms with Gasteiger partial charge in [-0.2, -0.15) is 0 Å². The van der Waals surface area contributed by atoms with Gasteiger partial charge in [0, 0.05) is 39.8 Å². The Kier molecular flexibility index (Phi) is 7.10. The summed E-state index contributed by atoms with van der Waals surface area (Å²) in [6.45, 7) is 5.64. The minimum atomic E-state index is -0.107. The van der Waals surface area contributed by atoms with Gasteiger partial charge in [0.25, 0.3) is 0 Å². The number of halogens is 1. The van der Waals surface area contributed by atoms with Gasteiger partial charge >= 0.3 is 0 Å². The van der Waals surface area contributed by atoms with E-state index in [2.05, 4.69) is 51.4 Å². The number of hydrogen-bond acceptors (Lipinski definition) is 5. The van der Waals surface area contributed by atoms with E-state index in [1.54, 1.807) is 0 Å². The highest BCUT2D eigenvalue weighted by molar-refractivity contribution is 14.0. The molecule has 2 aliphatic heterocycles. The average molecular weight is 430 g/mol. The lowest BCUT2D eigenvalue weighted by Crippen LogP contribution is -2.36. The number of likely N-dealkylation sites (N-methyl/N-ethyl adjacent to an activating group) is 1. The molecule has 0 aromatic heterocycles. The van der Waals surface area contributed by atoms with Crippen LogP contribution in [-0.2, 0) is 13.1 Å². The number of aliphatic hydroxyl groups excluding tert-OH is 1. The lowest BCUT2D eigenvalue weighted by atomic mass is 10.0. The molecule has 1 saturated heterocycles. The van der Waals surface area contributed by atoms with E-state index in [4.69, 9.17) is 0 Å². The molecule has 0 radical (unpaired) electrons. The van der Waals surface area contributed by atoms with Crippen LogP contribution in [0.1, 0.15) is 24.0 Å². The third-order valence-corrected chi connectivity index (χ3v) is 4.56. The molecule has 0 saturated carbocycles. The number of piperidine rings is 1. The van der Waals surface area contributed by atoms with Crippen molar-refractivity contribution in [3.63, 3.8) is 0 Å². The van der Waals surface area contributed by atoms with Gasteiger partial charge in [-0.1, -0.05) is 24.3 Å². The van der Waals surface area contributed by atoms with Crippen LogP contribution in [0.15, 0.2) is 29.3 Å². The quantitative estimate of drug-likeness (QED) is 0.714. The number of aliphatic imine (C=N–C) groups is 1. The molecule has 0 amide bonds. The van der Waals surface area contributed by atoms with Crippen LogP contribution in [0.5, 0.6) is 0 Å². The molecule has 0 bridgehead atoms. The molecular weight excluding hydrogens is 403 g/mol. The largest absolute Gasteiger partial charge is 0.393 e. The van der Waals surface area contributed by atoms with Gasteiger partial charge in [-0.15, -0.1) is 24.0 Å². The number of rotatable bonds is 4. The summed E-state index contributed by atoms with van der Waals surface area (Å²) in [6, 6.07) is 8.61. The first-order chi connectivity index (χ1) is 10.7. The van der Waals surface area contributed by atoms with Crippen molar-refractivity contribution < 1.29 is 5.11 Å². The number of aliphatic hydroxyl groups is 1. The summed E-state index contributed by atoms with van der Waals surface area (Å²) in [5.41, 5.74) is 2.70. The topological polar surface area (TPSA) is 51.1 Å². The van der Waals surface area contributed by atoms with Gasteiger partial charge in [0.2, 0.25) is 0 Å². The Morgan fingerprint density at radius 3 is 2.52 bits per heavy atom. The smallest absolute Gasteiger partial charge is 0.194 e. The van der Waals surface area contributed by atoms with Crippen LogP contribution in [0, 0.1) is 0 Å². The third-order valence-electron chi connectivity index (χ3n) is 4.56. The molecule has 23 heavy (non-hydrogen) atoms. The molecule has 0 spiro atoms. The second-order valence-electron chi connectivity index (χ2n) is 6.26. The van der Waals surface area contributed by atoms with E-state index in [1.807, 2.05) is 0 Å². The van der Waals surface area contributed by atoms with E-state index >= 15 is 0 Å². The zero-order valence-electron chi connectivity index (χ0n) is 13.7. The van der Waals surface area contributed by atoms with E-state index in [0.29, 0.717) is 0 Å². The van der Waals surface area contributed by atoms with Crippen molar-refractivity contribution in [2.24, 2.45) is 4.99 Å². The number of hydrogen-bond donors (Lipinski definition) is 2. The first kappa shape index (κ1) is 18.5. The van der Waals surface area contributed by atoms with Gasteiger partial charge < -0.3 is 15.3 Å². The lowest BCUT2D eigenvalue weighted by Gasteiger charge is -2.30. The Morgan fingerprint density at radius 2 is 1.87 bits per heavy atom. The normalized spacial score (nSPS) is 19.4. The maximum Gasteiger partial charge on any atom is 0.194 e. The summed E-state index contributed by atoms with van der Waals surface area (Å²) < 4.78 is 0. The fraction of sp³-hybridized carbons (Fsp3) is 0.588. The van der Waals surface area contributed by atoms with Crippen LogP contribution in [0.25, 0.3) is 0 Å². The summed E-state index contributed by atoms with van der Waals surface area (Å²) in [5.74, 6) is 0.996. The highest BCUT2D eigenvalue weighted by atomic mass is 127. The molecule has 0 unspecified atom stereocenters. The van der Waals surface area contributed by atoms with Crippen molar-refractivity contribution in [3.05, 3.63) is 35.4 Å². The van der Waals surface area contributed by atoms with Gasteiger partial charge in [-0.3, -0.25) is 9.89 Å². The fourth-order valence-electron chi connectivity index (χ4n) is 3.10. The Labute approximate surface area is 155 Å². The second-order valence-corrected chi connectivity index (χ2v) is 6.26. The van der Waals surface area contributed by atoms with Gasteiger partial charge in [0.1, 0.15) is 0 Å². The maximum atomic E-state index is 9.62. The molecule has 1 aromatic carbocycles. The van der Waals surface area contributed by atoms with E-state index in [1.165, 1.54) is 11.1 Å². The summed E-state index contributed by atoms with van der Waals surface area (Å²) in [5, 5.41) is 13.1. The van der Waals surface area contributed by atoms with Crippen molar-refractivity contribution in [2.75, 3.05) is 33.2 Å². The molecule has 0 aliphatic carbocycles. The summed E-state index contributed by atoms with van der Waals surface area (Å²) in [6.07, 6.45) is 1.67. The molecule has 2 aliphatic rings. The Hall–Kier alpha value is -0.860. The minimum absolute atomic E-state index is 0. The molecule has 6 heteroatoms. The number of benzene rings is 1. The standard InChI is InChI=1S/C17H26N4O.HI/c1-20-11-8-18-17(20)19-12-14-4-2-3-5-15(14)13-21-9-6-16(22)7-10-21;/h2-5,16,22H,6-13H2,1H3,(H,18,19);1H. The predicted octanol–water partition coefficient (Wildman–Crippen LogP) is 1.65. The van der Waals surface area contributed by atoms with Crippen LogP contribution in [0.4, 0.5) is 0 Å². The van der Waals surface area contributed by atoms with E-state index < -0.39 is 0 Å². The summed E-state index contributed by atoms with van der Waals surface area (Å²) in [4.78, 5) is 9.08. The minimum Gasteiger partial charge on any atom is -0.393 e. The Bertz CT molecular complexity index is 529. The molecule has 128 valence electrons. The fourth-order valence-corrected chi connectivity index (χ4v) is 3.10. The third kappa shape index (κ3) is 5.06. The lowest BCUT2D eigenvalue weighted by molar-refractivity contribution is 0.0791. The van der Waals surface area contributed by atoms with E-state index in [-0.39, 0.29) is 30.1 Å². The van der Waals surface area contributed by atoms with Crippen LogP contribution >= 0.6 is 24.0 Å². The molecule has 3 rings (SSSR count). The molecule has 2 heterocycles. The molecule has 5 nitrogen and oxygen atoms in total. The first-order valence-electron chi connectivity index (χ1n) is 8.19. The van der Waals surface area contributed by atoms with Crippen LogP contribution in [0.2, 0.25) is 0 Å². The summed E-state index contributed by atoms with van der Waals surface area (Å²) in [7, 11) is 2.07. The van der Waals surface area contributed by atoms with Gasteiger partial charge in [0.15, 0.2) is 5.96 Å². The monoisotopic (exact) mass is 430 g/mol. The number of nitrogens with zero attached hydrogens (tertiary/aromatic N) is 3. The van der Waals surface area contributed by atoms with Crippen molar-refractivity contribution >= 4 is 29.9 Å². The number of nitrogens with one attached hydrogen (secondary N) is 1. The maximum absolute atomic E-state index is 9.62. The molecule has 1 fully saturated rings. The van der Waals surface area contributed by atoms with Crippen molar-refractivity contribution in [3.8, 4) is 0 Å².